The van der Waals surface area contributed by atoms with Crippen LogP contribution in [0.25, 0.3) is 10.9 Å². The smallest absolute Gasteiger partial charge is 0.234 e. The van der Waals surface area contributed by atoms with E-state index < -0.39 is 10.0 Å². The number of nitrogens with zero attached hydrogens (tertiary/aromatic N) is 2. The first-order valence-corrected chi connectivity index (χ1v) is 10.6. The van der Waals surface area contributed by atoms with Gasteiger partial charge in [-0.2, -0.15) is 0 Å². The Labute approximate surface area is 164 Å². The zero-order chi connectivity index (χ0) is 20.5. The van der Waals surface area contributed by atoms with E-state index in [2.05, 4.69) is 9.98 Å². The Kier molecular flexibility index (Phi) is 5.33. The highest BCUT2D eigenvalue weighted by Crippen LogP contribution is 2.30. The zero-order valence-electron chi connectivity index (χ0n) is 16.1. The van der Waals surface area contributed by atoms with E-state index in [1.807, 2.05) is 13.0 Å². The van der Waals surface area contributed by atoms with Gasteiger partial charge >= 0.3 is 0 Å². The molecule has 1 aromatic heterocycles. The van der Waals surface area contributed by atoms with E-state index in [1.165, 1.54) is 4.31 Å². The molecule has 0 saturated heterocycles. The number of fused-ring (bicyclic) bond motifs is 1. The Morgan fingerprint density at radius 2 is 1.89 bits per heavy atom. The molecule has 8 heteroatoms. The van der Waals surface area contributed by atoms with E-state index in [1.54, 1.807) is 50.4 Å². The molecular weight excluding hydrogens is 376 g/mol. The number of hydrogen-bond acceptors (Lipinski definition) is 5. The lowest BCUT2D eigenvalue weighted by atomic mass is 10.1. The Morgan fingerprint density at radius 1 is 1.21 bits per heavy atom. The molecule has 0 amide bonds. The van der Waals surface area contributed by atoms with Crippen LogP contribution in [0.2, 0.25) is 0 Å². The van der Waals surface area contributed by atoms with Crippen molar-refractivity contribution in [2.45, 2.75) is 20.3 Å². The maximum absolute atomic E-state index is 12.2. The lowest BCUT2D eigenvalue weighted by molar-refractivity contribution is 0.457. The quantitative estimate of drug-likeness (QED) is 0.432. The second-order valence-corrected chi connectivity index (χ2v) is 8.77. The summed E-state index contributed by atoms with van der Waals surface area (Å²) in [5.74, 6) is 0.134. The van der Waals surface area contributed by atoms with Gasteiger partial charge in [0.25, 0.3) is 0 Å². The highest BCUT2D eigenvalue weighted by molar-refractivity contribution is 7.92. The summed E-state index contributed by atoms with van der Waals surface area (Å²) in [6.07, 6.45) is 0.562. The molecule has 0 atom stereocenters. The number of aliphatic imine (C=N–C) groups is 1. The number of rotatable bonds is 6. The first-order valence-electron chi connectivity index (χ1n) is 8.95. The van der Waals surface area contributed by atoms with Crippen LogP contribution in [0.5, 0.6) is 5.88 Å². The molecule has 3 aromatic rings. The SMILES string of the molecule is CCCS(=O)(=O)N(C)c1ccc(N=C(C)c2c(O)[nH]c3ccc(N)cc23)cc1. The van der Waals surface area contributed by atoms with E-state index in [0.717, 1.165) is 10.9 Å². The molecule has 28 heavy (non-hydrogen) atoms. The summed E-state index contributed by atoms with van der Waals surface area (Å²) in [6.45, 7) is 3.64. The van der Waals surface area contributed by atoms with Gasteiger partial charge in [0.05, 0.1) is 28.4 Å². The molecular formula is C20H24N4O3S. The van der Waals surface area contributed by atoms with Gasteiger partial charge in [0.1, 0.15) is 0 Å². The third-order valence-corrected chi connectivity index (χ3v) is 6.52. The zero-order valence-corrected chi connectivity index (χ0v) is 16.9. The van der Waals surface area contributed by atoms with Gasteiger partial charge in [-0.3, -0.25) is 9.30 Å². The number of H-pyrrole nitrogens is 1. The molecule has 0 aliphatic carbocycles. The lowest BCUT2D eigenvalue weighted by Gasteiger charge is -2.19. The predicted molar refractivity (Wildman–Crippen MR) is 115 cm³/mol. The van der Waals surface area contributed by atoms with Gasteiger partial charge < -0.3 is 15.8 Å². The van der Waals surface area contributed by atoms with Crippen LogP contribution in [0.1, 0.15) is 25.8 Å². The number of aromatic hydroxyl groups is 1. The fourth-order valence-corrected chi connectivity index (χ4v) is 4.34. The van der Waals surface area contributed by atoms with Gasteiger partial charge in [-0.1, -0.05) is 6.92 Å². The molecule has 0 spiro atoms. The molecule has 0 bridgehead atoms. The van der Waals surface area contributed by atoms with Gasteiger partial charge in [0, 0.05) is 23.6 Å². The highest BCUT2D eigenvalue weighted by atomic mass is 32.2. The van der Waals surface area contributed by atoms with Gasteiger partial charge in [-0.05, 0) is 55.8 Å². The summed E-state index contributed by atoms with van der Waals surface area (Å²) >= 11 is 0. The number of nitrogens with two attached hydrogens (primary N) is 1. The summed E-state index contributed by atoms with van der Waals surface area (Å²) in [5, 5.41) is 11.1. The van der Waals surface area contributed by atoms with Crippen molar-refractivity contribution in [1.29, 1.82) is 0 Å². The third kappa shape index (κ3) is 3.82. The molecule has 3 rings (SSSR count). The molecule has 148 valence electrons. The molecule has 1 heterocycles. The van der Waals surface area contributed by atoms with Crippen LogP contribution in [0.15, 0.2) is 47.5 Å². The number of aromatic nitrogens is 1. The van der Waals surface area contributed by atoms with Gasteiger partial charge in [-0.25, -0.2) is 8.42 Å². The molecule has 2 aromatic carbocycles. The third-order valence-electron chi connectivity index (χ3n) is 4.55. The second-order valence-electron chi connectivity index (χ2n) is 6.65. The average molecular weight is 401 g/mol. The molecule has 0 radical (unpaired) electrons. The van der Waals surface area contributed by atoms with E-state index in [0.29, 0.717) is 34.8 Å². The van der Waals surface area contributed by atoms with Crippen LogP contribution < -0.4 is 10.0 Å². The summed E-state index contributed by atoms with van der Waals surface area (Å²) in [5.41, 5.74) is 9.68. The molecule has 0 aliphatic heterocycles. The topological polar surface area (TPSA) is 112 Å². The molecule has 0 fully saturated rings. The van der Waals surface area contributed by atoms with Crippen molar-refractivity contribution in [1.82, 2.24) is 4.98 Å². The fraction of sp³-hybridized carbons (Fsp3) is 0.250. The summed E-state index contributed by atoms with van der Waals surface area (Å²) in [6, 6.07) is 12.3. The monoisotopic (exact) mass is 400 g/mol. The van der Waals surface area contributed by atoms with Gasteiger partial charge in [0.15, 0.2) is 5.88 Å². The van der Waals surface area contributed by atoms with Crippen molar-refractivity contribution >= 4 is 43.7 Å². The van der Waals surface area contributed by atoms with Crippen LogP contribution >= 0.6 is 0 Å². The molecule has 0 saturated carbocycles. The second kappa shape index (κ2) is 7.55. The maximum Gasteiger partial charge on any atom is 0.234 e. The highest BCUT2D eigenvalue weighted by Gasteiger charge is 2.17. The molecule has 4 N–H and O–H groups in total. The number of nitrogen functional groups attached to an aromatic ring is 1. The molecule has 7 nitrogen and oxygen atoms in total. The number of anilines is 2. The normalized spacial score (nSPS) is 12.5. The van der Waals surface area contributed by atoms with E-state index in [-0.39, 0.29) is 11.6 Å². The number of sulfonamides is 1. The number of benzene rings is 2. The van der Waals surface area contributed by atoms with Crippen molar-refractivity contribution in [3.8, 4) is 5.88 Å². The summed E-state index contributed by atoms with van der Waals surface area (Å²) < 4.78 is 25.7. The minimum absolute atomic E-state index is 0.0314. The van der Waals surface area contributed by atoms with Crippen molar-refractivity contribution < 1.29 is 13.5 Å². The average Bonchev–Trinajstić information content (AvgIpc) is 2.96. The van der Waals surface area contributed by atoms with Crippen LogP contribution in [-0.2, 0) is 10.0 Å². The van der Waals surface area contributed by atoms with E-state index in [9.17, 15) is 13.5 Å². The minimum atomic E-state index is -3.32. The largest absolute Gasteiger partial charge is 0.494 e. The van der Waals surface area contributed by atoms with Gasteiger partial charge in [0.2, 0.25) is 10.0 Å². The van der Waals surface area contributed by atoms with Crippen LogP contribution in [0, 0.1) is 0 Å². The van der Waals surface area contributed by atoms with Crippen molar-refractivity contribution in [3.63, 3.8) is 0 Å². The molecule has 0 unspecified atom stereocenters. The Morgan fingerprint density at radius 3 is 2.54 bits per heavy atom. The van der Waals surface area contributed by atoms with Crippen LogP contribution in [0.4, 0.5) is 17.1 Å². The Bertz CT molecular complexity index is 1130. The predicted octanol–water partition coefficient (Wildman–Crippen LogP) is 3.77. The first kappa shape index (κ1) is 19.8. The summed E-state index contributed by atoms with van der Waals surface area (Å²) in [4.78, 5) is 7.49. The van der Waals surface area contributed by atoms with Crippen LogP contribution in [-0.4, -0.2) is 37.0 Å². The molecule has 0 aliphatic rings. The standard InChI is InChI=1S/C20H24N4O3S/c1-4-11-28(26,27)24(3)16-8-6-15(7-9-16)22-13(2)19-17-12-14(21)5-10-18(17)23-20(19)25/h5-10,12,23,25H,4,11,21H2,1-3H3. The van der Waals surface area contributed by atoms with E-state index in [4.69, 9.17) is 5.73 Å². The fourth-order valence-electron chi connectivity index (χ4n) is 3.10. The Hall–Kier alpha value is -3.00. The number of aromatic amines is 1. The van der Waals surface area contributed by atoms with E-state index >= 15 is 0 Å². The lowest BCUT2D eigenvalue weighted by Crippen LogP contribution is -2.28. The maximum atomic E-state index is 12.2. The van der Waals surface area contributed by atoms with Gasteiger partial charge in [-0.15, -0.1) is 0 Å². The van der Waals surface area contributed by atoms with Crippen molar-refractivity contribution in [2.75, 3.05) is 22.8 Å². The Balaban J connectivity index is 1.92. The van der Waals surface area contributed by atoms with Crippen molar-refractivity contribution in [3.05, 3.63) is 48.0 Å². The minimum Gasteiger partial charge on any atom is -0.494 e. The number of hydrogen-bond donors (Lipinski definition) is 3. The summed E-state index contributed by atoms with van der Waals surface area (Å²) in [7, 11) is -1.78. The first-order chi connectivity index (χ1) is 13.2. The van der Waals surface area contributed by atoms with Crippen LogP contribution in [0.3, 0.4) is 0 Å². The van der Waals surface area contributed by atoms with Crippen molar-refractivity contribution in [2.24, 2.45) is 4.99 Å². The number of nitrogens with one attached hydrogen (secondary N) is 1.